The monoisotopic (exact) mass is 363 g/mol. The van der Waals surface area contributed by atoms with Crippen LogP contribution in [-0.4, -0.2) is 43.7 Å². The first kappa shape index (κ1) is 21.4. The lowest BCUT2D eigenvalue weighted by Crippen LogP contribution is -2.19. The molecule has 0 aliphatic rings. The van der Waals surface area contributed by atoms with Gasteiger partial charge in [0.05, 0.1) is 26.4 Å². The fourth-order valence-electron chi connectivity index (χ4n) is 1.52. The average Bonchev–Trinajstić information content (AvgIpc) is 2.38. The second-order valence-corrected chi connectivity index (χ2v) is 8.53. The van der Waals surface area contributed by atoms with Gasteiger partial charge >= 0.3 is 15.2 Å². The van der Waals surface area contributed by atoms with Gasteiger partial charge in [0.15, 0.2) is 0 Å². The summed E-state index contributed by atoms with van der Waals surface area (Å²) in [4.78, 5) is 0. The summed E-state index contributed by atoms with van der Waals surface area (Å²) in [5.74, 6) is 0. The SMILES string of the molecule is CCOP(=O)(CN(CP(=O)(OCC)OCC)P=O)OCC. The summed E-state index contributed by atoms with van der Waals surface area (Å²) >= 11 is 0. The topological polar surface area (TPSA) is 91.4 Å². The highest BCUT2D eigenvalue weighted by molar-refractivity contribution is 7.55. The van der Waals surface area contributed by atoms with Gasteiger partial charge in [0.1, 0.15) is 12.6 Å². The Bertz CT molecular complexity index is 341. The van der Waals surface area contributed by atoms with Crippen LogP contribution in [-0.2, 0) is 31.8 Å². The van der Waals surface area contributed by atoms with E-state index in [-0.39, 0.29) is 39.0 Å². The van der Waals surface area contributed by atoms with E-state index < -0.39 is 23.8 Å². The van der Waals surface area contributed by atoms with Gasteiger partial charge in [-0.2, -0.15) is 4.67 Å². The van der Waals surface area contributed by atoms with Crippen molar-refractivity contribution in [2.75, 3.05) is 39.0 Å². The molecule has 0 spiro atoms. The van der Waals surface area contributed by atoms with E-state index in [1.807, 2.05) is 0 Å². The van der Waals surface area contributed by atoms with Crippen molar-refractivity contribution >= 4 is 23.8 Å². The van der Waals surface area contributed by atoms with Gasteiger partial charge in [-0.3, -0.25) is 13.7 Å². The van der Waals surface area contributed by atoms with E-state index in [1.54, 1.807) is 27.7 Å². The van der Waals surface area contributed by atoms with Crippen molar-refractivity contribution in [2.45, 2.75) is 27.7 Å². The van der Waals surface area contributed by atoms with Gasteiger partial charge in [0.2, 0.25) is 8.61 Å². The normalized spacial score (nSPS) is 13.2. The lowest BCUT2D eigenvalue weighted by molar-refractivity contribution is 0.203. The second-order valence-electron chi connectivity index (χ2n) is 3.76. The number of hydrogen-bond donors (Lipinski definition) is 0. The molecular weight excluding hydrogens is 339 g/mol. The Balaban J connectivity index is 4.93. The van der Waals surface area contributed by atoms with Crippen molar-refractivity contribution in [3.8, 4) is 0 Å². The Hall–Kier alpha value is 0.360. The summed E-state index contributed by atoms with van der Waals surface area (Å²) in [6, 6.07) is 0. The van der Waals surface area contributed by atoms with Crippen molar-refractivity contribution in [1.82, 2.24) is 4.67 Å². The molecule has 126 valence electrons. The number of hydrogen-bond acceptors (Lipinski definition) is 7. The summed E-state index contributed by atoms with van der Waals surface area (Å²) in [5, 5.41) is 0. The average molecular weight is 363 g/mol. The van der Waals surface area contributed by atoms with Crippen LogP contribution in [0.1, 0.15) is 27.7 Å². The third-order valence-corrected chi connectivity index (χ3v) is 7.03. The Morgan fingerprint density at radius 1 is 0.762 bits per heavy atom. The predicted octanol–water partition coefficient (Wildman–Crippen LogP) is 3.94. The third-order valence-electron chi connectivity index (χ3n) is 2.09. The van der Waals surface area contributed by atoms with Crippen molar-refractivity contribution in [3.05, 3.63) is 0 Å². The van der Waals surface area contributed by atoms with Gasteiger partial charge in [0, 0.05) is 0 Å². The van der Waals surface area contributed by atoms with E-state index in [4.69, 9.17) is 18.1 Å². The van der Waals surface area contributed by atoms with Gasteiger partial charge in [-0.25, -0.2) is 0 Å². The maximum absolute atomic E-state index is 12.4. The van der Waals surface area contributed by atoms with Crippen LogP contribution >= 0.6 is 23.8 Å². The van der Waals surface area contributed by atoms with Gasteiger partial charge in [-0.15, -0.1) is 0 Å². The molecule has 0 atom stereocenters. The summed E-state index contributed by atoms with van der Waals surface area (Å²) in [7, 11) is -7.32. The molecule has 11 heteroatoms. The van der Waals surface area contributed by atoms with E-state index in [2.05, 4.69) is 0 Å². The largest absolute Gasteiger partial charge is 0.345 e. The first-order valence-electron chi connectivity index (χ1n) is 6.73. The summed E-state index contributed by atoms with van der Waals surface area (Å²) in [6.45, 7) is 7.47. The maximum atomic E-state index is 12.4. The molecular formula is C10H24NO7P3. The van der Waals surface area contributed by atoms with Gasteiger partial charge < -0.3 is 18.1 Å². The summed E-state index contributed by atoms with van der Waals surface area (Å²) in [6.07, 6.45) is -0.520. The lowest BCUT2D eigenvalue weighted by Gasteiger charge is -2.24. The molecule has 0 N–H and O–H groups in total. The molecule has 0 rings (SSSR count). The molecule has 0 fully saturated rings. The Morgan fingerprint density at radius 2 is 1.05 bits per heavy atom. The Morgan fingerprint density at radius 3 is 1.24 bits per heavy atom. The van der Waals surface area contributed by atoms with Crippen LogP contribution in [0.15, 0.2) is 0 Å². The zero-order chi connectivity index (χ0) is 16.4. The standard InChI is InChI=1S/C10H24NO7P3/c1-5-15-20(13,16-6-2)9-11(19-12)10-21(14,17-7-3)18-8-4/h5-10H2,1-4H3. The van der Waals surface area contributed by atoms with E-state index in [0.717, 1.165) is 4.67 Å². The van der Waals surface area contributed by atoms with E-state index in [9.17, 15) is 13.7 Å². The minimum atomic E-state index is -3.43. The summed E-state index contributed by atoms with van der Waals surface area (Å²) in [5.41, 5.74) is 0. The highest BCUT2D eigenvalue weighted by Gasteiger charge is 2.33. The fraction of sp³-hybridized carbons (Fsp3) is 1.00. The third kappa shape index (κ3) is 8.53. The molecule has 0 amide bonds. The molecule has 0 aliphatic heterocycles. The molecule has 0 bridgehead atoms. The molecule has 0 aliphatic carbocycles. The molecule has 0 radical (unpaired) electrons. The molecule has 0 aromatic rings. The second kappa shape index (κ2) is 11.0. The van der Waals surface area contributed by atoms with Crippen molar-refractivity contribution < 1.29 is 31.8 Å². The molecule has 8 nitrogen and oxygen atoms in total. The molecule has 0 saturated heterocycles. The highest BCUT2D eigenvalue weighted by atomic mass is 31.2. The first-order chi connectivity index (χ1) is 9.88. The minimum Gasteiger partial charge on any atom is -0.308 e. The van der Waals surface area contributed by atoms with E-state index >= 15 is 0 Å². The lowest BCUT2D eigenvalue weighted by atomic mass is 10.9. The quantitative estimate of drug-likeness (QED) is 0.455. The van der Waals surface area contributed by atoms with Crippen LogP contribution in [0.4, 0.5) is 0 Å². The molecule has 0 aromatic carbocycles. The van der Waals surface area contributed by atoms with Gasteiger partial charge in [-0.1, -0.05) is 0 Å². The zero-order valence-corrected chi connectivity index (χ0v) is 15.6. The Kier molecular flexibility index (Phi) is 11.2. The van der Waals surface area contributed by atoms with Crippen LogP contribution < -0.4 is 0 Å². The van der Waals surface area contributed by atoms with Gasteiger partial charge in [0.25, 0.3) is 0 Å². The van der Waals surface area contributed by atoms with Gasteiger partial charge in [-0.05, 0) is 27.7 Å². The number of nitrogens with zero attached hydrogens (tertiary/aromatic N) is 1. The molecule has 0 unspecified atom stereocenters. The van der Waals surface area contributed by atoms with Crippen molar-refractivity contribution in [2.24, 2.45) is 0 Å². The fourth-order valence-corrected chi connectivity index (χ4v) is 6.07. The Labute approximate surface area is 127 Å². The molecule has 0 aromatic heterocycles. The van der Waals surface area contributed by atoms with E-state index in [1.165, 1.54) is 0 Å². The number of rotatable bonds is 13. The summed E-state index contributed by atoms with van der Waals surface area (Å²) < 4.78 is 57.6. The predicted molar refractivity (Wildman–Crippen MR) is 80.9 cm³/mol. The smallest absolute Gasteiger partial charge is 0.308 e. The van der Waals surface area contributed by atoms with E-state index in [0.29, 0.717) is 0 Å². The van der Waals surface area contributed by atoms with Crippen molar-refractivity contribution in [3.63, 3.8) is 0 Å². The molecule has 0 heterocycles. The van der Waals surface area contributed by atoms with Crippen LogP contribution in [0.5, 0.6) is 0 Å². The van der Waals surface area contributed by atoms with Crippen LogP contribution in [0, 0.1) is 0 Å². The minimum absolute atomic E-state index is 0.190. The highest BCUT2D eigenvalue weighted by Crippen LogP contribution is 2.54. The van der Waals surface area contributed by atoms with Crippen LogP contribution in [0.25, 0.3) is 0 Å². The molecule has 0 saturated carbocycles. The maximum Gasteiger partial charge on any atom is 0.345 e. The zero-order valence-electron chi connectivity index (χ0n) is 12.9. The van der Waals surface area contributed by atoms with Crippen molar-refractivity contribution in [1.29, 1.82) is 0 Å². The van der Waals surface area contributed by atoms with Crippen LogP contribution in [0.3, 0.4) is 0 Å². The molecule has 21 heavy (non-hydrogen) atoms. The van der Waals surface area contributed by atoms with Crippen LogP contribution in [0.2, 0.25) is 0 Å². The first-order valence-corrected chi connectivity index (χ1v) is 10.9.